The van der Waals surface area contributed by atoms with E-state index < -0.39 is 0 Å². The molecule has 2 nitrogen and oxygen atoms in total. The predicted molar refractivity (Wildman–Crippen MR) is 96.8 cm³/mol. The highest BCUT2D eigenvalue weighted by Crippen LogP contribution is 2.39. The van der Waals surface area contributed by atoms with Gasteiger partial charge in [-0.15, -0.1) is 0 Å². The molecule has 22 heavy (non-hydrogen) atoms. The molecule has 3 heteroatoms. The smallest absolute Gasteiger partial charge is 0.0655 e. The molecule has 1 fully saturated rings. The van der Waals surface area contributed by atoms with Crippen molar-refractivity contribution in [1.82, 2.24) is 9.27 Å². The molecule has 1 aromatic heterocycles. The Kier molecular flexibility index (Phi) is 4.84. The molecular formula is C19H28N2S. The third kappa shape index (κ3) is 3.21. The van der Waals surface area contributed by atoms with Crippen LogP contribution in [0.15, 0.2) is 18.2 Å². The molecule has 1 saturated heterocycles. The van der Waals surface area contributed by atoms with Crippen LogP contribution < -0.4 is 0 Å². The highest BCUT2D eigenvalue weighted by Gasteiger charge is 2.30. The van der Waals surface area contributed by atoms with Crippen molar-refractivity contribution in [2.45, 2.75) is 46.0 Å². The van der Waals surface area contributed by atoms with E-state index in [2.05, 4.69) is 50.9 Å². The summed E-state index contributed by atoms with van der Waals surface area (Å²) in [7, 11) is 2.25. The SMILES string of the molecule is CC[C@H]1CN(C)CC[C@@H]1c1nsc2cc(CC(C)C)ccc12. The van der Waals surface area contributed by atoms with Gasteiger partial charge in [0.05, 0.1) is 10.4 Å². The average molecular weight is 317 g/mol. The summed E-state index contributed by atoms with van der Waals surface area (Å²) < 4.78 is 6.26. The Morgan fingerprint density at radius 1 is 1.36 bits per heavy atom. The zero-order valence-electron chi connectivity index (χ0n) is 14.3. The van der Waals surface area contributed by atoms with E-state index in [0.29, 0.717) is 11.8 Å². The number of rotatable bonds is 4. The van der Waals surface area contributed by atoms with Crippen LogP contribution in [0.5, 0.6) is 0 Å². The lowest BCUT2D eigenvalue weighted by atomic mass is 9.80. The first-order valence-electron chi connectivity index (χ1n) is 8.65. The van der Waals surface area contributed by atoms with Gasteiger partial charge in [0.25, 0.3) is 0 Å². The Hall–Kier alpha value is -0.930. The minimum Gasteiger partial charge on any atom is -0.306 e. The van der Waals surface area contributed by atoms with Crippen molar-refractivity contribution in [3.05, 3.63) is 29.5 Å². The molecular weight excluding hydrogens is 288 g/mol. The minimum atomic E-state index is 0.644. The van der Waals surface area contributed by atoms with Crippen molar-refractivity contribution in [3.8, 4) is 0 Å². The molecule has 1 aromatic carbocycles. The second kappa shape index (κ2) is 6.67. The fraction of sp³-hybridized carbons (Fsp3) is 0.632. The molecule has 0 N–H and O–H groups in total. The van der Waals surface area contributed by atoms with Gasteiger partial charge in [-0.2, -0.15) is 4.37 Å². The fourth-order valence-corrected chi connectivity index (χ4v) is 4.76. The fourth-order valence-electron chi connectivity index (χ4n) is 3.85. The zero-order chi connectivity index (χ0) is 15.7. The molecule has 1 aliphatic rings. The molecule has 0 radical (unpaired) electrons. The molecule has 0 bridgehead atoms. The van der Waals surface area contributed by atoms with Crippen molar-refractivity contribution in [3.63, 3.8) is 0 Å². The zero-order valence-corrected chi connectivity index (χ0v) is 15.1. The van der Waals surface area contributed by atoms with E-state index in [0.717, 1.165) is 12.3 Å². The second-order valence-corrected chi connectivity index (χ2v) is 8.13. The third-order valence-electron chi connectivity index (χ3n) is 5.02. The Morgan fingerprint density at radius 2 is 2.18 bits per heavy atom. The van der Waals surface area contributed by atoms with Crippen LogP contribution in [0, 0.1) is 11.8 Å². The standard InChI is InChI=1S/C19H28N2S/c1-5-15-12-21(4)9-8-16(15)19-17-7-6-14(10-13(2)3)11-18(17)22-20-19/h6-7,11,13,15-16H,5,8-10,12H2,1-4H3/t15-,16-/m0/s1. The summed E-state index contributed by atoms with van der Waals surface area (Å²) in [6.07, 6.45) is 3.66. The molecule has 0 spiro atoms. The van der Waals surface area contributed by atoms with E-state index in [9.17, 15) is 0 Å². The third-order valence-corrected chi connectivity index (χ3v) is 5.84. The van der Waals surface area contributed by atoms with E-state index in [4.69, 9.17) is 4.37 Å². The van der Waals surface area contributed by atoms with Gasteiger partial charge in [0.1, 0.15) is 0 Å². The van der Waals surface area contributed by atoms with Crippen LogP contribution in [0.1, 0.15) is 50.8 Å². The summed E-state index contributed by atoms with van der Waals surface area (Å²) in [5.74, 6) is 2.11. The summed E-state index contributed by atoms with van der Waals surface area (Å²) in [5, 5.41) is 1.41. The maximum absolute atomic E-state index is 4.89. The first-order valence-corrected chi connectivity index (χ1v) is 9.42. The highest BCUT2D eigenvalue weighted by molar-refractivity contribution is 7.13. The first kappa shape index (κ1) is 15.9. The number of fused-ring (bicyclic) bond motifs is 1. The van der Waals surface area contributed by atoms with Gasteiger partial charge in [0, 0.05) is 17.8 Å². The number of nitrogens with zero attached hydrogens (tertiary/aromatic N) is 2. The van der Waals surface area contributed by atoms with Gasteiger partial charge in [0.2, 0.25) is 0 Å². The van der Waals surface area contributed by atoms with Gasteiger partial charge in [-0.3, -0.25) is 0 Å². The molecule has 2 aromatic rings. The van der Waals surface area contributed by atoms with Crippen LogP contribution in [0.4, 0.5) is 0 Å². The molecule has 120 valence electrons. The molecule has 0 amide bonds. The van der Waals surface area contributed by atoms with Crippen molar-refractivity contribution >= 4 is 21.6 Å². The van der Waals surface area contributed by atoms with Crippen LogP contribution in [0.25, 0.3) is 10.1 Å². The maximum atomic E-state index is 4.89. The van der Waals surface area contributed by atoms with Crippen molar-refractivity contribution < 1.29 is 0 Å². The molecule has 3 rings (SSSR count). The number of hydrogen-bond donors (Lipinski definition) is 0. The van der Waals surface area contributed by atoms with E-state index >= 15 is 0 Å². The number of aromatic nitrogens is 1. The summed E-state index contributed by atoms with van der Waals surface area (Å²) in [6.45, 7) is 9.31. The van der Waals surface area contributed by atoms with Crippen LogP contribution in [0.3, 0.4) is 0 Å². The molecule has 0 saturated carbocycles. The highest BCUT2D eigenvalue weighted by atomic mass is 32.1. The molecule has 0 unspecified atom stereocenters. The van der Waals surface area contributed by atoms with Gasteiger partial charge >= 0.3 is 0 Å². The first-order chi connectivity index (χ1) is 10.6. The largest absolute Gasteiger partial charge is 0.306 e. The van der Waals surface area contributed by atoms with Crippen molar-refractivity contribution in [1.29, 1.82) is 0 Å². The lowest BCUT2D eigenvalue weighted by Gasteiger charge is -2.35. The topological polar surface area (TPSA) is 16.1 Å². The van der Waals surface area contributed by atoms with Crippen LogP contribution in [-0.2, 0) is 6.42 Å². The number of piperidine rings is 1. The van der Waals surface area contributed by atoms with Gasteiger partial charge in [0.15, 0.2) is 0 Å². The monoisotopic (exact) mass is 316 g/mol. The molecule has 2 atom stereocenters. The Morgan fingerprint density at radius 3 is 2.91 bits per heavy atom. The second-order valence-electron chi connectivity index (χ2n) is 7.32. The van der Waals surface area contributed by atoms with E-state index in [1.165, 1.54) is 47.3 Å². The quantitative estimate of drug-likeness (QED) is 0.794. The Balaban J connectivity index is 1.91. The summed E-state index contributed by atoms with van der Waals surface area (Å²) in [4.78, 5) is 2.47. The summed E-state index contributed by atoms with van der Waals surface area (Å²) in [6, 6.07) is 7.01. The number of likely N-dealkylation sites (tertiary alicyclic amines) is 1. The van der Waals surface area contributed by atoms with E-state index in [-0.39, 0.29) is 0 Å². The van der Waals surface area contributed by atoms with Crippen LogP contribution in [0.2, 0.25) is 0 Å². The molecule has 1 aliphatic heterocycles. The molecule has 0 aliphatic carbocycles. The number of hydrogen-bond acceptors (Lipinski definition) is 3. The Bertz CT molecular complexity index is 631. The van der Waals surface area contributed by atoms with Gasteiger partial charge in [-0.25, -0.2) is 0 Å². The van der Waals surface area contributed by atoms with Crippen molar-refractivity contribution in [2.75, 3.05) is 20.1 Å². The van der Waals surface area contributed by atoms with Gasteiger partial charge in [-0.1, -0.05) is 39.3 Å². The van der Waals surface area contributed by atoms with Gasteiger partial charge in [-0.05, 0) is 61.4 Å². The summed E-state index contributed by atoms with van der Waals surface area (Å²) >= 11 is 1.70. The van der Waals surface area contributed by atoms with Crippen LogP contribution in [-0.4, -0.2) is 29.4 Å². The number of benzene rings is 1. The van der Waals surface area contributed by atoms with E-state index in [1.54, 1.807) is 11.5 Å². The maximum Gasteiger partial charge on any atom is 0.0655 e. The molecule has 2 heterocycles. The van der Waals surface area contributed by atoms with Gasteiger partial charge < -0.3 is 4.90 Å². The normalized spacial score (nSPS) is 23.5. The van der Waals surface area contributed by atoms with Crippen molar-refractivity contribution in [2.24, 2.45) is 11.8 Å². The Labute approximate surface area is 138 Å². The lowest BCUT2D eigenvalue weighted by molar-refractivity contribution is 0.179. The van der Waals surface area contributed by atoms with Crippen LogP contribution >= 0.6 is 11.5 Å². The predicted octanol–water partition coefficient (Wildman–Crippen LogP) is 4.94. The minimum absolute atomic E-state index is 0.644. The lowest BCUT2D eigenvalue weighted by Crippen LogP contribution is -2.36. The average Bonchev–Trinajstić information content (AvgIpc) is 2.89. The van der Waals surface area contributed by atoms with E-state index in [1.807, 2.05) is 0 Å². The summed E-state index contributed by atoms with van der Waals surface area (Å²) in [5.41, 5.74) is 2.82.